The molecule has 0 aromatic carbocycles. The van der Waals surface area contributed by atoms with Crippen LogP contribution in [0.3, 0.4) is 0 Å². The lowest BCUT2D eigenvalue weighted by molar-refractivity contribution is 0.317. The van der Waals surface area contributed by atoms with Gasteiger partial charge in [-0.2, -0.15) is 5.10 Å². The summed E-state index contributed by atoms with van der Waals surface area (Å²) in [6.45, 7) is 2.79. The van der Waals surface area contributed by atoms with E-state index in [-0.39, 0.29) is 0 Å². The number of fused-ring (bicyclic) bond motifs is 1. The number of aromatic amines is 1. The average Bonchev–Trinajstić information content (AvgIpc) is 3.01. The number of rotatable bonds is 4. The van der Waals surface area contributed by atoms with Crippen LogP contribution in [0.1, 0.15) is 13.3 Å². The molecule has 5 heteroatoms. The van der Waals surface area contributed by atoms with Crippen molar-refractivity contribution in [2.24, 2.45) is 7.05 Å². The van der Waals surface area contributed by atoms with Gasteiger partial charge in [0.2, 0.25) is 0 Å². The lowest BCUT2D eigenvalue weighted by atomic mass is 10.1. The number of ether oxygens (including phenoxy) is 1. The number of nitrogens with zero attached hydrogens (tertiary/aromatic N) is 3. The molecule has 1 N–H and O–H groups in total. The van der Waals surface area contributed by atoms with E-state index < -0.39 is 0 Å². The van der Waals surface area contributed by atoms with Gasteiger partial charge in [0.05, 0.1) is 19.0 Å². The van der Waals surface area contributed by atoms with Gasteiger partial charge in [-0.15, -0.1) is 0 Å². The molecule has 3 heterocycles. The minimum Gasteiger partial charge on any atom is -0.492 e. The Morgan fingerprint density at radius 2 is 2.26 bits per heavy atom. The van der Waals surface area contributed by atoms with Crippen LogP contribution in [0.2, 0.25) is 0 Å². The van der Waals surface area contributed by atoms with E-state index in [1.54, 1.807) is 10.9 Å². The fraction of sp³-hybridized carbons (Fsp3) is 0.286. The molecule has 0 aliphatic carbocycles. The molecule has 0 spiro atoms. The van der Waals surface area contributed by atoms with Gasteiger partial charge in [0.15, 0.2) is 0 Å². The molecule has 19 heavy (non-hydrogen) atoms. The van der Waals surface area contributed by atoms with Gasteiger partial charge in [0, 0.05) is 36.0 Å². The van der Waals surface area contributed by atoms with Crippen molar-refractivity contribution in [1.82, 2.24) is 19.7 Å². The Morgan fingerprint density at radius 3 is 3.00 bits per heavy atom. The minimum atomic E-state index is 0.708. The molecule has 0 saturated carbocycles. The number of nitrogens with one attached hydrogen (secondary N) is 1. The van der Waals surface area contributed by atoms with E-state index in [9.17, 15) is 0 Å². The predicted octanol–water partition coefficient (Wildman–Crippen LogP) is 2.75. The summed E-state index contributed by atoms with van der Waals surface area (Å²) in [6, 6.07) is 2.02. The lowest BCUT2D eigenvalue weighted by Crippen LogP contribution is -1.95. The molecule has 3 rings (SSSR count). The Morgan fingerprint density at radius 1 is 1.37 bits per heavy atom. The molecule has 0 radical (unpaired) electrons. The van der Waals surface area contributed by atoms with Crippen molar-refractivity contribution in [3.05, 3.63) is 30.9 Å². The second-order valence-corrected chi connectivity index (χ2v) is 4.52. The van der Waals surface area contributed by atoms with Crippen LogP contribution >= 0.6 is 0 Å². The molecule has 0 saturated heterocycles. The topological polar surface area (TPSA) is 55.7 Å². The van der Waals surface area contributed by atoms with E-state index in [4.69, 9.17) is 4.74 Å². The molecule has 0 amide bonds. The van der Waals surface area contributed by atoms with E-state index in [1.165, 1.54) is 0 Å². The Bertz CT molecular complexity index is 698. The third kappa shape index (κ3) is 2.19. The molecule has 0 bridgehead atoms. The van der Waals surface area contributed by atoms with Crippen molar-refractivity contribution in [2.45, 2.75) is 13.3 Å². The maximum absolute atomic E-state index is 5.63. The first-order chi connectivity index (χ1) is 9.28. The van der Waals surface area contributed by atoms with Crippen LogP contribution in [0.25, 0.3) is 22.2 Å². The molecule has 3 aromatic heterocycles. The highest BCUT2D eigenvalue weighted by Crippen LogP contribution is 2.29. The lowest BCUT2D eigenvalue weighted by Gasteiger charge is -2.04. The van der Waals surface area contributed by atoms with Crippen LogP contribution in [0.4, 0.5) is 0 Å². The number of hydrogen-bond donors (Lipinski definition) is 1. The predicted molar refractivity (Wildman–Crippen MR) is 74.1 cm³/mol. The van der Waals surface area contributed by atoms with Crippen LogP contribution in [0.15, 0.2) is 30.9 Å². The quantitative estimate of drug-likeness (QED) is 0.781. The van der Waals surface area contributed by atoms with Crippen molar-refractivity contribution in [2.75, 3.05) is 6.61 Å². The maximum atomic E-state index is 5.63. The van der Waals surface area contributed by atoms with E-state index in [1.807, 2.05) is 31.7 Å². The molecule has 98 valence electrons. The summed E-state index contributed by atoms with van der Waals surface area (Å²) in [5.41, 5.74) is 3.03. The Hall–Kier alpha value is -2.30. The fourth-order valence-electron chi connectivity index (χ4n) is 2.08. The molecule has 0 aliphatic rings. The van der Waals surface area contributed by atoms with Crippen LogP contribution in [0.5, 0.6) is 5.75 Å². The van der Waals surface area contributed by atoms with Crippen molar-refractivity contribution >= 4 is 11.0 Å². The van der Waals surface area contributed by atoms with Crippen LogP contribution < -0.4 is 4.74 Å². The standard InChI is InChI=1S/C14H16N4O/c1-3-4-19-11-5-12-13(8-16-14(12)15-7-11)10-6-17-18(2)9-10/h5-9H,3-4H2,1-2H3,(H,15,16). The van der Waals surface area contributed by atoms with Crippen molar-refractivity contribution in [3.63, 3.8) is 0 Å². The summed E-state index contributed by atoms with van der Waals surface area (Å²) in [7, 11) is 1.91. The summed E-state index contributed by atoms with van der Waals surface area (Å²) in [6.07, 6.45) is 8.53. The SMILES string of the molecule is CCCOc1cnc2[nH]cc(-c3cnn(C)c3)c2c1. The Kier molecular flexibility index (Phi) is 2.95. The normalized spacial score (nSPS) is 11.1. The van der Waals surface area contributed by atoms with Crippen molar-refractivity contribution in [1.29, 1.82) is 0 Å². The first-order valence-electron chi connectivity index (χ1n) is 6.37. The van der Waals surface area contributed by atoms with Gasteiger partial charge in [-0.1, -0.05) is 6.92 Å². The van der Waals surface area contributed by atoms with E-state index in [2.05, 4.69) is 22.0 Å². The molecule has 0 atom stereocenters. The second kappa shape index (κ2) is 4.76. The zero-order valence-corrected chi connectivity index (χ0v) is 11.1. The molecular weight excluding hydrogens is 240 g/mol. The molecule has 0 unspecified atom stereocenters. The third-order valence-electron chi connectivity index (χ3n) is 2.99. The number of pyridine rings is 1. The largest absolute Gasteiger partial charge is 0.492 e. The Labute approximate surface area is 111 Å². The summed E-state index contributed by atoms with van der Waals surface area (Å²) in [5, 5.41) is 5.26. The molecular formula is C14H16N4O. The molecule has 0 aliphatic heterocycles. The Balaban J connectivity index is 2.05. The third-order valence-corrected chi connectivity index (χ3v) is 2.99. The zero-order chi connectivity index (χ0) is 13.2. The van der Waals surface area contributed by atoms with Gasteiger partial charge in [-0.3, -0.25) is 4.68 Å². The minimum absolute atomic E-state index is 0.708. The highest BCUT2D eigenvalue weighted by Gasteiger charge is 2.09. The summed E-state index contributed by atoms with van der Waals surface area (Å²) < 4.78 is 7.42. The van der Waals surface area contributed by atoms with Gasteiger partial charge >= 0.3 is 0 Å². The van der Waals surface area contributed by atoms with Crippen LogP contribution in [-0.2, 0) is 7.05 Å². The summed E-state index contributed by atoms with van der Waals surface area (Å²) >= 11 is 0. The van der Waals surface area contributed by atoms with Gasteiger partial charge < -0.3 is 9.72 Å². The van der Waals surface area contributed by atoms with E-state index in [0.29, 0.717) is 6.61 Å². The summed E-state index contributed by atoms with van der Waals surface area (Å²) in [5.74, 6) is 0.805. The number of hydrogen-bond acceptors (Lipinski definition) is 3. The van der Waals surface area contributed by atoms with Gasteiger partial charge in [-0.05, 0) is 12.5 Å². The summed E-state index contributed by atoms with van der Waals surface area (Å²) in [4.78, 5) is 7.55. The van der Waals surface area contributed by atoms with Crippen molar-refractivity contribution in [3.8, 4) is 16.9 Å². The van der Waals surface area contributed by atoms with E-state index >= 15 is 0 Å². The fourth-order valence-corrected chi connectivity index (χ4v) is 2.08. The highest BCUT2D eigenvalue weighted by atomic mass is 16.5. The molecule has 5 nitrogen and oxygen atoms in total. The number of aromatic nitrogens is 4. The van der Waals surface area contributed by atoms with Crippen LogP contribution in [-0.4, -0.2) is 26.4 Å². The molecule has 0 fully saturated rings. The van der Waals surface area contributed by atoms with Crippen molar-refractivity contribution < 1.29 is 4.74 Å². The average molecular weight is 256 g/mol. The van der Waals surface area contributed by atoms with E-state index in [0.717, 1.165) is 34.3 Å². The first-order valence-corrected chi connectivity index (χ1v) is 6.37. The monoisotopic (exact) mass is 256 g/mol. The number of H-pyrrole nitrogens is 1. The van der Waals surface area contributed by atoms with Gasteiger partial charge in [-0.25, -0.2) is 4.98 Å². The molecule has 3 aromatic rings. The second-order valence-electron chi connectivity index (χ2n) is 4.52. The smallest absolute Gasteiger partial charge is 0.138 e. The highest BCUT2D eigenvalue weighted by molar-refractivity contribution is 5.93. The first kappa shape index (κ1) is 11.8. The van der Waals surface area contributed by atoms with Crippen LogP contribution in [0, 0.1) is 0 Å². The zero-order valence-electron chi connectivity index (χ0n) is 11.1. The maximum Gasteiger partial charge on any atom is 0.138 e. The number of aryl methyl sites for hydroxylation is 1. The van der Waals surface area contributed by atoms with Gasteiger partial charge in [0.1, 0.15) is 11.4 Å². The van der Waals surface area contributed by atoms with Gasteiger partial charge in [0.25, 0.3) is 0 Å².